The molecule has 2 saturated heterocycles. The summed E-state index contributed by atoms with van der Waals surface area (Å²) in [5.74, 6) is 0.729. The molecule has 5 heterocycles. The summed E-state index contributed by atoms with van der Waals surface area (Å²) in [6, 6.07) is 5.90. The first-order valence-corrected chi connectivity index (χ1v) is 11.5. The number of ether oxygens (including phenoxy) is 3. The van der Waals surface area contributed by atoms with Gasteiger partial charge >= 0.3 is 6.09 Å². The Morgan fingerprint density at radius 1 is 1.35 bits per heavy atom. The Bertz CT molecular complexity index is 1270. The molecular weight excluding hydrogens is 441 g/mol. The van der Waals surface area contributed by atoms with Gasteiger partial charge in [-0.05, 0) is 42.7 Å². The number of carbonyl (C=O) groups excluding carboxylic acids is 1. The van der Waals surface area contributed by atoms with Crippen LogP contribution < -0.4 is 4.74 Å². The van der Waals surface area contributed by atoms with Crippen molar-refractivity contribution in [3.8, 4) is 5.75 Å². The van der Waals surface area contributed by atoms with E-state index in [1.807, 2.05) is 37.5 Å². The highest BCUT2D eigenvalue weighted by molar-refractivity contribution is 5.84. The average Bonchev–Trinajstić information content (AvgIpc) is 3.55. The molecule has 1 atom stereocenters. The molecule has 1 aromatic carbocycles. The van der Waals surface area contributed by atoms with Crippen molar-refractivity contribution >= 4 is 17.0 Å². The zero-order valence-corrected chi connectivity index (χ0v) is 19.2. The number of benzene rings is 1. The van der Waals surface area contributed by atoms with Crippen LogP contribution in [0.4, 0.5) is 9.18 Å². The van der Waals surface area contributed by atoms with E-state index < -0.39 is 23.8 Å². The number of nitrogens with zero attached hydrogens (tertiary/aromatic N) is 5. The molecule has 2 bridgehead atoms. The van der Waals surface area contributed by atoms with Crippen LogP contribution in [-0.4, -0.2) is 63.4 Å². The van der Waals surface area contributed by atoms with Crippen LogP contribution in [0.2, 0.25) is 0 Å². The highest BCUT2D eigenvalue weighted by Crippen LogP contribution is 2.58. The lowest BCUT2D eigenvalue weighted by molar-refractivity contribution is 0.0321. The molecule has 2 aromatic heterocycles. The minimum atomic E-state index is -0.801. The molecule has 10 heteroatoms. The Morgan fingerprint density at radius 3 is 3.00 bits per heavy atom. The molecule has 3 fully saturated rings. The molecule has 3 aromatic rings. The van der Waals surface area contributed by atoms with Gasteiger partial charge in [0.05, 0.1) is 49.7 Å². The van der Waals surface area contributed by atoms with E-state index in [1.165, 1.54) is 17.6 Å². The fraction of sp³-hybridized carbons (Fsp3) is 0.500. The Morgan fingerprint density at radius 2 is 2.21 bits per heavy atom. The van der Waals surface area contributed by atoms with Crippen LogP contribution in [0.3, 0.4) is 0 Å². The first-order chi connectivity index (χ1) is 16.5. The van der Waals surface area contributed by atoms with Crippen LogP contribution in [0.15, 0.2) is 30.6 Å². The third-order valence-electron chi connectivity index (χ3n) is 7.51. The predicted molar refractivity (Wildman–Crippen MR) is 119 cm³/mol. The van der Waals surface area contributed by atoms with E-state index in [2.05, 4.69) is 15.3 Å². The Kier molecular flexibility index (Phi) is 4.77. The van der Waals surface area contributed by atoms with E-state index in [0.717, 1.165) is 28.6 Å². The van der Waals surface area contributed by atoms with Crippen LogP contribution >= 0.6 is 0 Å². The van der Waals surface area contributed by atoms with E-state index in [-0.39, 0.29) is 6.10 Å². The van der Waals surface area contributed by atoms with Crippen LogP contribution in [0.5, 0.6) is 5.75 Å². The molecule has 1 amide bonds. The lowest BCUT2D eigenvalue weighted by Crippen LogP contribution is -2.55. The predicted octanol–water partition coefficient (Wildman–Crippen LogP) is 3.32. The Labute approximate surface area is 195 Å². The number of methoxy groups -OCH3 is 1. The standard InChI is InChI=1S/C24H26FN5O4/c1-15(34-17-3-4-20-19(7-17)18-5-6-33-10-16(18)8-26-20)21-9-30(28-27-21)24-11-23(12-24,13-25)29(14-24)22(31)32-2/h3-4,7-9,15H,5-6,10-14H2,1-2H3/t15-,23?,24?/m1/s1. The van der Waals surface area contributed by atoms with Crippen molar-refractivity contribution in [1.82, 2.24) is 24.9 Å². The molecule has 34 heavy (non-hydrogen) atoms. The van der Waals surface area contributed by atoms with Gasteiger partial charge in [-0.3, -0.25) is 9.88 Å². The van der Waals surface area contributed by atoms with Gasteiger partial charge in [0, 0.05) is 24.4 Å². The van der Waals surface area contributed by atoms with Gasteiger partial charge in [-0.25, -0.2) is 13.9 Å². The van der Waals surface area contributed by atoms with Gasteiger partial charge in [0.25, 0.3) is 0 Å². The first-order valence-electron chi connectivity index (χ1n) is 11.5. The summed E-state index contributed by atoms with van der Waals surface area (Å²) in [7, 11) is 1.32. The first kappa shape index (κ1) is 21.3. The largest absolute Gasteiger partial charge is 0.484 e. The van der Waals surface area contributed by atoms with Crippen molar-refractivity contribution in [1.29, 1.82) is 0 Å². The number of alkyl halides is 1. The molecule has 4 aliphatic rings. The number of fused-ring (bicyclic) bond motifs is 4. The normalized spacial score (nSPS) is 26.1. The van der Waals surface area contributed by atoms with E-state index in [9.17, 15) is 9.18 Å². The third kappa shape index (κ3) is 3.08. The fourth-order valence-electron chi connectivity index (χ4n) is 5.78. The number of halogens is 1. The molecule has 7 rings (SSSR count). The minimum Gasteiger partial charge on any atom is -0.484 e. The number of rotatable bonds is 5. The molecule has 0 radical (unpaired) electrons. The zero-order valence-electron chi connectivity index (χ0n) is 19.2. The summed E-state index contributed by atoms with van der Waals surface area (Å²) in [5.41, 5.74) is 2.73. The van der Waals surface area contributed by atoms with E-state index in [0.29, 0.717) is 38.3 Å². The van der Waals surface area contributed by atoms with Crippen molar-refractivity contribution in [2.75, 3.05) is 26.9 Å². The maximum atomic E-state index is 13.8. The van der Waals surface area contributed by atoms with Crippen molar-refractivity contribution in [2.45, 2.75) is 50.0 Å². The number of aromatic nitrogens is 4. The summed E-state index contributed by atoms with van der Waals surface area (Å²) < 4.78 is 32.2. The van der Waals surface area contributed by atoms with E-state index in [4.69, 9.17) is 14.2 Å². The Hall–Kier alpha value is -3.27. The second kappa shape index (κ2) is 7.63. The minimum absolute atomic E-state index is 0.345. The number of pyridine rings is 1. The number of hydrogen-bond donors (Lipinski definition) is 0. The second-order valence-electron chi connectivity index (χ2n) is 9.58. The molecule has 1 saturated carbocycles. The number of hydrogen-bond acceptors (Lipinski definition) is 7. The average molecular weight is 468 g/mol. The van der Waals surface area contributed by atoms with Gasteiger partial charge in [-0.2, -0.15) is 0 Å². The van der Waals surface area contributed by atoms with Gasteiger partial charge < -0.3 is 14.2 Å². The molecular formula is C24H26FN5O4. The van der Waals surface area contributed by atoms with Crippen molar-refractivity contribution < 1.29 is 23.4 Å². The maximum Gasteiger partial charge on any atom is 0.410 e. The molecule has 0 unspecified atom stereocenters. The molecule has 178 valence electrons. The summed E-state index contributed by atoms with van der Waals surface area (Å²) in [6.07, 6.45) is 4.73. The number of carbonyl (C=O) groups is 1. The van der Waals surface area contributed by atoms with Crippen LogP contribution in [0.1, 0.15) is 42.7 Å². The SMILES string of the molecule is COC(=O)N1CC2(n3cc([C@@H](C)Oc4ccc5ncc6c(c5c4)CCOC6)nn3)CC1(CF)C2. The Balaban J connectivity index is 1.22. The number of amides is 1. The molecule has 0 spiro atoms. The second-order valence-corrected chi connectivity index (χ2v) is 9.58. The molecule has 9 nitrogen and oxygen atoms in total. The van der Waals surface area contributed by atoms with Crippen LogP contribution in [0, 0.1) is 0 Å². The zero-order chi connectivity index (χ0) is 23.5. The monoisotopic (exact) mass is 467 g/mol. The summed E-state index contributed by atoms with van der Waals surface area (Å²) >= 11 is 0. The lowest BCUT2D eigenvalue weighted by atomic mass is 9.68. The van der Waals surface area contributed by atoms with E-state index >= 15 is 0 Å². The highest BCUT2D eigenvalue weighted by atomic mass is 19.1. The van der Waals surface area contributed by atoms with Crippen LogP contribution in [-0.2, 0) is 28.0 Å². The molecule has 0 N–H and O–H groups in total. The highest BCUT2D eigenvalue weighted by Gasteiger charge is 2.69. The maximum absolute atomic E-state index is 13.8. The van der Waals surface area contributed by atoms with Gasteiger partial charge in [0.15, 0.2) is 0 Å². The van der Waals surface area contributed by atoms with E-state index in [1.54, 1.807) is 4.68 Å². The molecule has 3 aliphatic heterocycles. The molecule has 1 aliphatic carbocycles. The third-order valence-corrected chi connectivity index (χ3v) is 7.51. The fourth-order valence-corrected chi connectivity index (χ4v) is 5.78. The van der Waals surface area contributed by atoms with Gasteiger partial charge in [0.2, 0.25) is 0 Å². The van der Waals surface area contributed by atoms with Crippen molar-refractivity contribution in [2.24, 2.45) is 0 Å². The smallest absolute Gasteiger partial charge is 0.410 e. The van der Waals surface area contributed by atoms with Crippen LogP contribution in [0.25, 0.3) is 10.9 Å². The lowest BCUT2D eigenvalue weighted by Gasteiger charge is -2.45. The van der Waals surface area contributed by atoms with Gasteiger partial charge in [0.1, 0.15) is 24.2 Å². The summed E-state index contributed by atoms with van der Waals surface area (Å²) in [6.45, 7) is 2.97. The summed E-state index contributed by atoms with van der Waals surface area (Å²) in [5, 5.41) is 9.74. The van der Waals surface area contributed by atoms with Crippen molar-refractivity contribution in [3.05, 3.63) is 47.4 Å². The topological polar surface area (TPSA) is 91.6 Å². The quantitative estimate of drug-likeness (QED) is 0.568. The summed E-state index contributed by atoms with van der Waals surface area (Å²) in [4.78, 5) is 18.2. The van der Waals surface area contributed by atoms with Gasteiger partial charge in [-0.1, -0.05) is 5.21 Å². The van der Waals surface area contributed by atoms with Gasteiger partial charge in [-0.15, -0.1) is 5.10 Å². The van der Waals surface area contributed by atoms with Crippen molar-refractivity contribution in [3.63, 3.8) is 0 Å².